The van der Waals surface area contributed by atoms with Crippen LogP contribution in [-0.2, 0) is 9.59 Å². The van der Waals surface area contributed by atoms with Crippen LogP contribution in [0, 0.1) is 23.4 Å². The summed E-state index contributed by atoms with van der Waals surface area (Å²) in [4.78, 5) is 35.5. The largest absolute Gasteiger partial charge is 0.471 e. The van der Waals surface area contributed by atoms with Gasteiger partial charge in [0.05, 0.1) is 17.2 Å². The highest BCUT2D eigenvalue weighted by Crippen LogP contribution is 2.53. The molecule has 33 heavy (non-hydrogen) atoms. The Morgan fingerprint density at radius 1 is 0.939 bits per heavy atom. The topological polar surface area (TPSA) is 87.3 Å². The lowest BCUT2D eigenvalue weighted by molar-refractivity contribution is -0.167. The molecule has 1 aliphatic carbocycles. The number of alkyl halides is 5. The summed E-state index contributed by atoms with van der Waals surface area (Å²) >= 11 is 11.6. The first-order valence-electron chi connectivity index (χ1n) is 8.86. The van der Waals surface area contributed by atoms with Crippen molar-refractivity contribution in [2.45, 2.75) is 16.9 Å². The molecule has 1 aliphatic rings. The number of nitrogens with one attached hydrogen (secondary N) is 3. The first-order chi connectivity index (χ1) is 15.2. The van der Waals surface area contributed by atoms with Gasteiger partial charge >= 0.3 is 12.1 Å². The zero-order valence-electron chi connectivity index (χ0n) is 15.9. The van der Waals surface area contributed by atoms with Gasteiger partial charge in [0.1, 0.15) is 21.7 Å². The van der Waals surface area contributed by atoms with Gasteiger partial charge in [-0.2, -0.15) is 13.2 Å². The van der Waals surface area contributed by atoms with E-state index >= 15 is 0 Å². The number of hydrogen-bond donors (Lipinski definition) is 3. The maximum absolute atomic E-state index is 14.5. The van der Waals surface area contributed by atoms with Crippen LogP contribution >= 0.6 is 23.2 Å². The van der Waals surface area contributed by atoms with Crippen molar-refractivity contribution in [1.29, 1.82) is 0 Å². The van der Waals surface area contributed by atoms with Crippen molar-refractivity contribution in [2.24, 2.45) is 5.92 Å². The molecule has 1 fully saturated rings. The number of benzene rings is 2. The molecule has 0 bridgehead atoms. The number of amides is 3. The number of carbonyl (C=O) groups is 3. The number of hydrogen-bond acceptors (Lipinski definition) is 3. The van der Waals surface area contributed by atoms with Gasteiger partial charge in [-0.05, 0) is 36.8 Å². The van der Waals surface area contributed by atoms with Gasteiger partial charge in [-0.15, -0.1) is 23.2 Å². The first kappa shape index (κ1) is 24.6. The van der Waals surface area contributed by atoms with E-state index in [1.54, 1.807) is 5.32 Å². The quantitative estimate of drug-likeness (QED) is 0.388. The molecule has 3 rings (SSSR count). The molecule has 0 radical (unpaired) electrons. The van der Waals surface area contributed by atoms with E-state index in [4.69, 9.17) is 23.2 Å². The average Bonchev–Trinajstić information content (AvgIpc) is 3.36. The molecule has 1 atom stereocenters. The maximum atomic E-state index is 14.5. The fraction of sp³-hybridized carbons (Fsp3) is 0.211. The molecule has 0 saturated heterocycles. The predicted molar refractivity (Wildman–Crippen MR) is 107 cm³/mol. The van der Waals surface area contributed by atoms with Crippen LogP contribution in [0.2, 0.25) is 0 Å². The van der Waals surface area contributed by atoms with Crippen molar-refractivity contribution >= 4 is 58.0 Å². The second kappa shape index (κ2) is 8.75. The molecule has 0 aliphatic heterocycles. The Bertz CT molecular complexity index is 1160. The van der Waals surface area contributed by atoms with Crippen molar-refractivity contribution in [1.82, 2.24) is 0 Å². The van der Waals surface area contributed by atoms with E-state index in [0.29, 0.717) is 12.1 Å². The van der Waals surface area contributed by atoms with Crippen molar-refractivity contribution < 1.29 is 40.7 Å². The highest BCUT2D eigenvalue weighted by Gasteiger charge is 2.56. The zero-order chi connectivity index (χ0) is 24.7. The number of rotatable bonds is 5. The van der Waals surface area contributed by atoms with Gasteiger partial charge in [-0.1, -0.05) is 0 Å². The van der Waals surface area contributed by atoms with Gasteiger partial charge in [-0.3, -0.25) is 14.4 Å². The third kappa shape index (κ3) is 5.50. The molecule has 1 saturated carbocycles. The fourth-order valence-corrected chi connectivity index (χ4v) is 3.15. The van der Waals surface area contributed by atoms with Crippen LogP contribution in [0.15, 0.2) is 30.3 Å². The molecule has 2 aromatic carbocycles. The zero-order valence-corrected chi connectivity index (χ0v) is 17.4. The molecule has 2 aromatic rings. The van der Waals surface area contributed by atoms with Crippen LogP contribution in [0.5, 0.6) is 0 Å². The Balaban J connectivity index is 1.82. The summed E-state index contributed by atoms with van der Waals surface area (Å²) in [5.74, 6) is -9.55. The third-order valence-electron chi connectivity index (χ3n) is 4.46. The van der Waals surface area contributed by atoms with Crippen LogP contribution in [0.3, 0.4) is 0 Å². The lowest BCUT2D eigenvalue weighted by atomic mass is 10.1. The van der Waals surface area contributed by atoms with Crippen molar-refractivity contribution in [3.63, 3.8) is 0 Å². The summed E-state index contributed by atoms with van der Waals surface area (Å²) in [5, 5.41) is 5.25. The smallest absolute Gasteiger partial charge is 0.326 e. The molecule has 0 heterocycles. The number of carbonyl (C=O) groups excluding carboxylic acids is 3. The molecule has 14 heteroatoms. The monoisotopic (exact) mass is 513 g/mol. The summed E-state index contributed by atoms with van der Waals surface area (Å²) in [7, 11) is 0. The van der Waals surface area contributed by atoms with Crippen molar-refractivity contribution in [3.05, 3.63) is 53.3 Å². The average molecular weight is 514 g/mol. The van der Waals surface area contributed by atoms with Crippen LogP contribution in [0.25, 0.3) is 0 Å². The van der Waals surface area contributed by atoms with Crippen LogP contribution in [0.1, 0.15) is 16.8 Å². The van der Waals surface area contributed by atoms with Gasteiger partial charge < -0.3 is 16.0 Å². The molecule has 0 spiro atoms. The Kier molecular flexibility index (Phi) is 6.53. The molecule has 1 unspecified atom stereocenters. The van der Waals surface area contributed by atoms with E-state index < -0.39 is 68.5 Å². The summed E-state index contributed by atoms with van der Waals surface area (Å²) < 4.78 is 78.6. The summed E-state index contributed by atoms with van der Waals surface area (Å²) in [5.41, 5.74) is -3.13. The number of halogens is 8. The van der Waals surface area contributed by atoms with Gasteiger partial charge in [0.15, 0.2) is 5.82 Å². The Morgan fingerprint density at radius 2 is 1.55 bits per heavy atom. The highest BCUT2D eigenvalue weighted by atomic mass is 35.5. The van der Waals surface area contributed by atoms with Gasteiger partial charge in [0, 0.05) is 5.69 Å². The maximum Gasteiger partial charge on any atom is 0.471 e. The van der Waals surface area contributed by atoms with E-state index in [-0.39, 0.29) is 12.1 Å². The summed E-state index contributed by atoms with van der Waals surface area (Å²) in [6, 6.07) is 3.74. The molecule has 3 amide bonds. The lowest BCUT2D eigenvalue weighted by Crippen LogP contribution is -2.30. The Labute approximate surface area is 191 Å². The minimum Gasteiger partial charge on any atom is -0.326 e. The summed E-state index contributed by atoms with van der Waals surface area (Å²) in [6.07, 6.45) is -5.18. The van der Waals surface area contributed by atoms with Gasteiger partial charge in [0.2, 0.25) is 5.91 Å². The van der Waals surface area contributed by atoms with E-state index in [2.05, 4.69) is 5.32 Å². The minimum atomic E-state index is -5.36. The molecular formula is C19H11Cl2F6N3O3. The van der Waals surface area contributed by atoms with Crippen LogP contribution in [0.4, 0.5) is 43.4 Å². The normalized spacial score (nSPS) is 16.7. The molecule has 0 aromatic heterocycles. The van der Waals surface area contributed by atoms with E-state index in [1.807, 2.05) is 0 Å². The fourth-order valence-electron chi connectivity index (χ4n) is 2.64. The molecule has 176 valence electrons. The van der Waals surface area contributed by atoms with Gasteiger partial charge in [-0.25, -0.2) is 13.2 Å². The Hall–Kier alpha value is -2.99. The van der Waals surface area contributed by atoms with E-state index in [0.717, 1.165) is 18.2 Å². The second-order valence-corrected chi connectivity index (χ2v) is 8.43. The molecule has 6 nitrogen and oxygen atoms in total. The van der Waals surface area contributed by atoms with Crippen LogP contribution in [-0.4, -0.2) is 28.2 Å². The number of anilines is 3. The predicted octanol–water partition coefficient (Wildman–Crippen LogP) is 4.99. The lowest BCUT2D eigenvalue weighted by Gasteiger charge is -2.14. The third-order valence-corrected chi connectivity index (χ3v) is 5.29. The first-order valence-corrected chi connectivity index (χ1v) is 9.62. The second-order valence-electron chi connectivity index (χ2n) is 6.89. The SMILES string of the molecule is O=C(Nc1c(F)ccc(NC(=O)C(F)(F)F)c1F)c1cc(NC(=O)C2CC2(Cl)Cl)ccc1F. The molecule has 3 N–H and O–H groups in total. The highest BCUT2D eigenvalue weighted by molar-refractivity contribution is 6.52. The van der Waals surface area contributed by atoms with Crippen molar-refractivity contribution in [2.75, 3.05) is 16.0 Å². The standard InChI is InChI=1S/C19H11Cl2F6N3O3/c20-18(21)6-9(18)16(32)28-7-1-2-10(22)8(5-7)15(31)30-14-11(23)3-4-12(13(14)24)29-17(33)19(25,26)27/h1-5,9H,6H2,(H,28,32)(H,29,33)(H,30,31). The van der Waals surface area contributed by atoms with Crippen molar-refractivity contribution in [3.8, 4) is 0 Å². The molecular weight excluding hydrogens is 503 g/mol. The van der Waals surface area contributed by atoms with E-state index in [9.17, 15) is 40.7 Å². The van der Waals surface area contributed by atoms with Crippen LogP contribution < -0.4 is 16.0 Å². The minimum absolute atomic E-state index is 0.0604. The van der Waals surface area contributed by atoms with Gasteiger partial charge in [0.25, 0.3) is 5.91 Å². The van der Waals surface area contributed by atoms with E-state index in [1.165, 1.54) is 5.32 Å². The Morgan fingerprint density at radius 3 is 2.12 bits per heavy atom. The summed E-state index contributed by atoms with van der Waals surface area (Å²) in [6.45, 7) is 0.